The van der Waals surface area contributed by atoms with E-state index in [-0.39, 0.29) is 36.0 Å². The number of carbonyl (C=O) groups is 1. The Morgan fingerprint density at radius 3 is 2.63 bits per heavy atom. The van der Waals surface area contributed by atoms with Crippen molar-refractivity contribution in [1.29, 1.82) is 0 Å². The normalized spacial score (nSPS) is 19.2. The van der Waals surface area contributed by atoms with E-state index in [0.29, 0.717) is 0 Å². The first-order valence-corrected chi connectivity index (χ1v) is 5.55. The average molecular weight is 316 g/mol. The molecule has 0 aliphatic carbocycles. The third-order valence-electron chi connectivity index (χ3n) is 2.63. The minimum Gasteiger partial charge on any atom is -0.449 e. The summed E-state index contributed by atoms with van der Waals surface area (Å²) >= 11 is 5.58. The van der Waals surface area contributed by atoms with Crippen molar-refractivity contribution in [2.45, 2.75) is 18.6 Å². The molecule has 0 bridgehead atoms. The van der Waals surface area contributed by atoms with Crippen molar-refractivity contribution in [3.8, 4) is 0 Å². The SMILES string of the molecule is Cl.O=C1N[C@H](c2ccc(Cl)cc2C(F)(F)F)CCO1. The Kier molecular flexibility index (Phi) is 4.92. The molecule has 106 valence electrons. The van der Waals surface area contributed by atoms with Crippen LogP contribution >= 0.6 is 24.0 Å². The summed E-state index contributed by atoms with van der Waals surface area (Å²) in [6.45, 7) is 0.0937. The van der Waals surface area contributed by atoms with Crippen molar-refractivity contribution in [2.24, 2.45) is 0 Å². The molecular formula is C11H10Cl2F3NO2. The Morgan fingerprint density at radius 1 is 1.37 bits per heavy atom. The maximum atomic E-state index is 12.9. The lowest BCUT2D eigenvalue weighted by molar-refractivity contribution is -0.138. The van der Waals surface area contributed by atoms with E-state index in [1.165, 1.54) is 12.1 Å². The van der Waals surface area contributed by atoms with Gasteiger partial charge in [-0.2, -0.15) is 13.2 Å². The van der Waals surface area contributed by atoms with E-state index in [2.05, 4.69) is 10.1 Å². The maximum absolute atomic E-state index is 12.9. The summed E-state index contributed by atoms with van der Waals surface area (Å²) in [5, 5.41) is 2.36. The molecule has 2 rings (SSSR count). The number of ether oxygens (including phenoxy) is 1. The van der Waals surface area contributed by atoms with Gasteiger partial charge in [-0.25, -0.2) is 4.79 Å². The summed E-state index contributed by atoms with van der Waals surface area (Å²) < 4.78 is 43.3. The number of rotatable bonds is 1. The van der Waals surface area contributed by atoms with E-state index in [9.17, 15) is 18.0 Å². The van der Waals surface area contributed by atoms with E-state index in [4.69, 9.17) is 11.6 Å². The first-order valence-electron chi connectivity index (χ1n) is 5.18. The number of alkyl halides is 3. The second-order valence-electron chi connectivity index (χ2n) is 3.85. The molecule has 3 nitrogen and oxygen atoms in total. The van der Waals surface area contributed by atoms with Crippen molar-refractivity contribution >= 4 is 30.1 Å². The third kappa shape index (κ3) is 3.67. The molecule has 0 aromatic heterocycles. The van der Waals surface area contributed by atoms with Crippen molar-refractivity contribution in [3.63, 3.8) is 0 Å². The minimum atomic E-state index is -4.51. The van der Waals surface area contributed by atoms with Crippen molar-refractivity contribution in [3.05, 3.63) is 34.3 Å². The highest BCUT2D eigenvalue weighted by molar-refractivity contribution is 6.30. The van der Waals surface area contributed by atoms with Gasteiger partial charge in [-0.15, -0.1) is 12.4 Å². The molecule has 0 saturated carbocycles. The van der Waals surface area contributed by atoms with Gasteiger partial charge in [0.05, 0.1) is 18.2 Å². The number of alkyl carbamates (subject to hydrolysis) is 1. The fourth-order valence-corrected chi connectivity index (χ4v) is 2.01. The predicted octanol–water partition coefficient (Wildman–Crippen LogP) is 3.95. The van der Waals surface area contributed by atoms with Gasteiger partial charge in [0, 0.05) is 11.4 Å². The van der Waals surface area contributed by atoms with Crippen LogP contribution in [0.2, 0.25) is 5.02 Å². The van der Waals surface area contributed by atoms with Crippen LogP contribution in [0.1, 0.15) is 23.6 Å². The van der Waals surface area contributed by atoms with Gasteiger partial charge in [0.25, 0.3) is 0 Å². The summed E-state index contributed by atoms with van der Waals surface area (Å²) in [5.74, 6) is 0. The van der Waals surface area contributed by atoms with Crippen LogP contribution in [0.4, 0.5) is 18.0 Å². The smallest absolute Gasteiger partial charge is 0.416 e. The first kappa shape index (κ1) is 15.9. The second-order valence-corrected chi connectivity index (χ2v) is 4.29. The molecule has 0 spiro atoms. The molecule has 1 heterocycles. The fraction of sp³-hybridized carbons (Fsp3) is 0.364. The lowest BCUT2D eigenvalue weighted by atomic mass is 9.97. The number of hydrogen-bond donors (Lipinski definition) is 1. The van der Waals surface area contributed by atoms with Gasteiger partial charge in [-0.05, 0) is 17.7 Å². The Bertz CT molecular complexity index is 479. The number of benzene rings is 1. The molecule has 0 unspecified atom stereocenters. The number of cyclic esters (lactones) is 1. The molecule has 19 heavy (non-hydrogen) atoms. The minimum absolute atomic E-state index is 0. The van der Waals surface area contributed by atoms with Gasteiger partial charge >= 0.3 is 12.3 Å². The Balaban J connectivity index is 0.00000180. The van der Waals surface area contributed by atoms with Gasteiger partial charge in [0.15, 0.2) is 0 Å². The topological polar surface area (TPSA) is 38.3 Å². The number of halogens is 5. The Morgan fingerprint density at radius 2 is 2.05 bits per heavy atom. The van der Waals surface area contributed by atoms with Gasteiger partial charge in [0.1, 0.15) is 0 Å². The molecule has 1 aliphatic heterocycles. The molecule has 1 atom stereocenters. The highest BCUT2D eigenvalue weighted by atomic mass is 35.5. The predicted molar refractivity (Wildman–Crippen MR) is 65.5 cm³/mol. The summed E-state index contributed by atoms with van der Waals surface area (Å²) in [6.07, 6.45) is -4.94. The highest BCUT2D eigenvalue weighted by Gasteiger charge is 2.36. The first-order chi connectivity index (χ1) is 8.38. The van der Waals surface area contributed by atoms with Crippen LogP contribution in [0.5, 0.6) is 0 Å². The average Bonchev–Trinajstić information content (AvgIpc) is 2.27. The zero-order valence-electron chi connectivity index (χ0n) is 9.46. The van der Waals surface area contributed by atoms with Crippen LogP contribution in [-0.2, 0) is 10.9 Å². The number of carbonyl (C=O) groups excluding carboxylic acids is 1. The van der Waals surface area contributed by atoms with Crippen LogP contribution in [0.15, 0.2) is 18.2 Å². The maximum Gasteiger partial charge on any atom is 0.416 e. The number of amides is 1. The monoisotopic (exact) mass is 315 g/mol. The van der Waals surface area contributed by atoms with Crippen molar-refractivity contribution in [1.82, 2.24) is 5.32 Å². The van der Waals surface area contributed by atoms with Gasteiger partial charge in [0.2, 0.25) is 0 Å². The summed E-state index contributed by atoms with van der Waals surface area (Å²) in [4.78, 5) is 11.0. The highest BCUT2D eigenvalue weighted by Crippen LogP contribution is 2.37. The lowest BCUT2D eigenvalue weighted by Crippen LogP contribution is -2.36. The molecule has 1 amide bonds. The molecule has 1 aromatic carbocycles. The van der Waals surface area contributed by atoms with E-state index in [1.54, 1.807) is 0 Å². The molecule has 0 radical (unpaired) electrons. The van der Waals surface area contributed by atoms with Gasteiger partial charge in [-0.3, -0.25) is 0 Å². The zero-order chi connectivity index (χ0) is 13.3. The van der Waals surface area contributed by atoms with Crippen LogP contribution in [-0.4, -0.2) is 12.7 Å². The zero-order valence-corrected chi connectivity index (χ0v) is 11.0. The van der Waals surface area contributed by atoms with Gasteiger partial charge in [-0.1, -0.05) is 17.7 Å². The second kappa shape index (κ2) is 5.88. The molecule has 1 fully saturated rings. The third-order valence-corrected chi connectivity index (χ3v) is 2.86. The lowest BCUT2D eigenvalue weighted by Gasteiger charge is -2.26. The molecule has 1 saturated heterocycles. The number of hydrogen-bond acceptors (Lipinski definition) is 2. The van der Waals surface area contributed by atoms with Crippen LogP contribution in [0, 0.1) is 0 Å². The molecule has 1 aromatic rings. The molecule has 1 aliphatic rings. The molecule has 1 N–H and O–H groups in total. The number of nitrogens with one attached hydrogen (secondary N) is 1. The molecule has 8 heteroatoms. The van der Waals surface area contributed by atoms with Crippen LogP contribution in [0.25, 0.3) is 0 Å². The van der Waals surface area contributed by atoms with E-state index in [1.807, 2.05) is 0 Å². The van der Waals surface area contributed by atoms with Crippen LogP contribution < -0.4 is 5.32 Å². The summed E-state index contributed by atoms with van der Waals surface area (Å²) in [7, 11) is 0. The van der Waals surface area contributed by atoms with E-state index in [0.717, 1.165) is 6.07 Å². The van der Waals surface area contributed by atoms with E-state index < -0.39 is 23.9 Å². The Hall–Kier alpha value is -1.14. The van der Waals surface area contributed by atoms with Crippen molar-refractivity contribution in [2.75, 3.05) is 6.61 Å². The van der Waals surface area contributed by atoms with Crippen LogP contribution in [0.3, 0.4) is 0 Å². The Labute approximate surface area is 118 Å². The summed E-state index contributed by atoms with van der Waals surface area (Å²) in [6, 6.07) is 2.80. The van der Waals surface area contributed by atoms with Gasteiger partial charge < -0.3 is 10.1 Å². The fourth-order valence-electron chi connectivity index (χ4n) is 1.84. The summed E-state index contributed by atoms with van der Waals surface area (Å²) in [5.41, 5.74) is -0.828. The van der Waals surface area contributed by atoms with E-state index >= 15 is 0 Å². The standard InChI is InChI=1S/C11H9ClF3NO2.ClH/c12-6-1-2-7(8(5-6)11(13,14)15)9-3-4-18-10(17)16-9;/h1-2,5,9H,3-4H2,(H,16,17);1H/t9-;/m0./s1. The largest absolute Gasteiger partial charge is 0.449 e. The quantitative estimate of drug-likeness (QED) is 0.852. The molecular weight excluding hydrogens is 306 g/mol. The van der Waals surface area contributed by atoms with Crippen molar-refractivity contribution < 1.29 is 22.7 Å².